The molecule has 2 rings (SSSR count). The highest BCUT2D eigenvalue weighted by Crippen LogP contribution is 2.48. The van der Waals surface area contributed by atoms with Gasteiger partial charge in [0.1, 0.15) is 0 Å². The fourth-order valence-electron chi connectivity index (χ4n) is 2.56. The summed E-state index contributed by atoms with van der Waals surface area (Å²) >= 11 is 12.3. The van der Waals surface area contributed by atoms with Crippen LogP contribution in [0.25, 0.3) is 0 Å². The summed E-state index contributed by atoms with van der Waals surface area (Å²) in [4.78, 5) is 0. The number of hydrogen-bond acceptors (Lipinski definition) is 1. The van der Waals surface area contributed by atoms with Crippen molar-refractivity contribution in [3.8, 4) is 0 Å². The van der Waals surface area contributed by atoms with Crippen LogP contribution in [0.3, 0.4) is 0 Å². The monoisotopic (exact) mass is 243 g/mol. The highest BCUT2D eigenvalue weighted by atomic mass is 35.5. The zero-order valence-corrected chi connectivity index (χ0v) is 10.7. The van der Waals surface area contributed by atoms with E-state index < -0.39 is 0 Å². The van der Waals surface area contributed by atoms with Gasteiger partial charge in [-0.05, 0) is 42.1 Å². The summed E-state index contributed by atoms with van der Waals surface area (Å²) in [7, 11) is 1.98. The molecule has 1 aromatic rings. The van der Waals surface area contributed by atoms with E-state index in [0.717, 1.165) is 16.5 Å². The molecule has 0 spiro atoms. The van der Waals surface area contributed by atoms with Crippen molar-refractivity contribution in [2.45, 2.75) is 31.7 Å². The summed E-state index contributed by atoms with van der Waals surface area (Å²) in [6.07, 6.45) is 1.07. The van der Waals surface area contributed by atoms with Gasteiger partial charge in [0.05, 0.1) is 0 Å². The molecule has 1 aromatic carbocycles. The van der Waals surface area contributed by atoms with E-state index in [4.69, 9.17) is 23.2 Å². The Labute approximate surface area is 101 Å². The zero-order valence-electron chi connectivity index (χ0n) is 9.20. The summed E-state index contributed by atoms with van der Waals surface area (Å²) in [5, 5.41) is 4.82. The van der Waals surface area contributed by atoms with Crippen LogP contribution in [0.2, 0.25) is 10.0 Å². The van der Waals surface area contributed by atoms with Gasteiger partial charge in [-0.25, -0.2) is 0 Å². The summed E-state index contributed by atoms with van der Waals surface area (Å²) in [5.74, 6) is 0. The van der Waals surface area contributed by atoms with Crippen LogP contribution in [0.1, 0.15) is 37.4 Å². The Morgan fingerprint density at radius 2 is 2.00 bits per heavy atom. The minimum Gasteiger partial charge on any atom is -0.313 e. The molecule has 0 aliphatic heterocycles. The second kappa shape index (κ2) is 3.65. The van der Waals surface area contributed by atoms with E-state index in [2.05, 4.69) is 19.2 Å². The number of benzene rings is 1. The van der Waals surface area contributed by atoms with Crippen LogP contribution in [0, 0.1) is 0 Å². The van der Waals surface area contributed by atoms with Crippen LogP contribution in [-0.2, 0) is 5.41 Å². The first-order chi connectivity index (χ1) is 6.95. The average Bonchev–Trinajstić information content (AvgIpc) is 2.37. The Balaban J connectivity index is 2.64. The first-order valence-corrected chi connectivity index (χ1v) is 5.88. The molecule has 0 radical (unpaired) electrons. The van der Waals surface area contributed by atoms with Crippen LogP contribution in [0.4, 0.5) is 0 Å². The fourth-order valence-corrected chi connectivity index (χ4v) is 3.33. The van der Waals surface area contributed by atoms with Crippen molar-refractivity contribution in [3.63, 3.8) is 0 Å². The molecule has 3 heteroatoms. The van der Waals surface area contributed by atoms with Gasteiger partial charge < -0.3 is 5.32 Å². The molecule has 0 fully saturated rings. The first-order valence-electron chi connectivity index (χ1n) is 5.12. The third kappa shape index (κ3) is 1.77. The van der Waals surface area contributed by atoms with Crippen LogP contribution < -0.4 is 5.32 Å². The van der Waals surface area contributed by atoms with Crippen molar-refractivity contribution in [2.24, 2.45) is 0 Å². The first kappa shape index (κ1) is 11.3. The molecule has 1 aliphatic rings. The topological polar surface area (TPSA) is 12.0 Å². The van der Waals surface area contributed by atoms with Gasteiger partial charge in [0.15, 0.2) is 0 Å². The summed E-state index contributed by atoms with van der Waals surface area (Å²) in [6.45, 7) is 4.45. The van der Waals surface area contributed by atoms with Gasteiger partial charge in [0.2, 0.25) is 0 Å². The second-order valence-corrected chi connectivity index (χ2v) is 5.62. The van der Waals surface area contributed by atoms with Gasteiger partial charge in [-0.2, -0.15) is 0 Å². The Morgan fingerprint density at radius 1 is 1.33 bits per heavy atom. The molecule has 1 N–H and O–H groups in total. The lowest BCUT2D eigenvalue weighted by Gasteiger charge is -2.20. The van der Waals surface area contributed by atoms with Gasteiger partial charge in [-0.3, -0.25) is 0 Å². The lowest BCUT2D eigenvalue weighted by molar-refractivity contribution is 0.447. The standard InChI is InChI=1S/C12H15Cl2N/c1-12(2)6-10(15-3)8-4-7(13)5-9(14)11(8)12/h4-5,10,15H,6H2,1-3H3. The maximum Gasteiger partial charge on any atom is 0.0461 e. The Bertz CT molecular complexity index is 399. The maximum atomic E-state index is 6.27. The molecule has 1 atom stereocenters. The molecule has 1 unspecified atom stereocenters. The minimum atomic E-state index is 0.130. The van der Waals surface area contributed by atoms with Gasteiger partial charge in [-0.15, -0.1) is 0 Å². The number of rotatable bonds is 1. The van der Waals surface area contributed by atoms with E-state index in [1.165, 1.54) is 11.1 Å². The smallest absolute Gasteiger partial charge is 0.0461 e. The number of hydrogen-bond donors (Lipinski definition) is 1. The van der Waals surface area contributed by atoms with Crippen LogP contribution in [0.5, 0.6) is 0 Å². The largest absolute Gasteiger partial charge is 0.313 e. The minimum absolute atomic E-state index is 0.130. The van der Waals surface area contributed by atoms with E-state index in [1.807, 2.05) is 19.2 Å². The molecule has 15 heavy (non-hydrogen) atoms. The van der Waals surface area contributed by atoms with Gasteiger partial charge in [-0.1, -0.05) is 37.0 Å². The van der Waals surface area contributed by atoms with E-state index in [0.29, 0.717) is 6.04 Å². The number of nitrogens with one attached hydrogen (secondary N) is 1. The van der Waals surface area contributed by atoms with Crippen molar-refractivity contribution in [3.05, 3.63) is 33.3 Å². The molecular formula is C12H15Cl2N. The Morgan fingerprint density at radius 3 is 2.60 bits per heavy atom. The predicted molar refractivity (Wildman–Crippen MR) is 65.9 cm³/mol. The highest BCUT2D eigenvalue weighted by Gasteiger charge is 2.38. The van der Waals surface area contributed by atoms with Gasteiger partial charge in [0, 0.05) is 16.1 Å². The predicted octanol–water partition coefficient (Wildman–Crippen LogP) is 3.94. The third-order valence-corrected chi connectivity index (χ3v) is 3.72. The molecule has 1 aliphatic carbocycles. The summed E-state index contributed by atoms with van der Waals surface area (Å²) in [6, 6.07) is 4.23. The second-order valence-electron chi connectivity index (χ2n) is 4.78. The van der Waals surface area contributed by atoms with Crippen molar-refractivity contribution in [2.75, 3.05) is 7.05 Å². The Kier molecular flexibility index (Phi) is 2.74. The van der Waals surface area contributed by atoms with Crippen molar-refractivity contribution in [1.82, 2.24) is 5.32 Å². The molecule has 0 bridgehead atoms. The van der Waals surface area contributed by atoms with E-state index in [9.17, 15) is 0 Å². The third-order valence-electron chi connectivity index (χ3n) is 3.20. The van der Waals surface area contributed by atoms with E-state index in [1.54, 1.807) is 0 Å². The zero-order chi connectivity index (χ0) is 11.2. The van der Waals surface area contributed by atoms with E-state index >= 15 is 0 Å². The maximum absolute atomic E-state index is 6.27. The number of fused-ring (bicyclic) bond motifs is 1. The normalized spacial score (nSPS) is 22.9. The van der Waals surface area contributed by atoms with Crippen molar-refractivity contribution >= 4 is 23.2 Å². The molecule has 0 heterocycles. The van der Waals surface area contributed by atoms with Crippen molar-refractivity contribution < 1.29 is 0 Å². The molecule has 0 aromatic heterocycles. The number of halogens is 2. The SMILES string of the molecule is CNC1CC(C)(C)c2c(Cl)cc(Cl)cc21. The van der Waals surface area contributed by atoms with Crippen LogP contribution in [-0.4, -0.2) is 7.05 Å². The molecule has 0 saturated carbocycles. The van der Waals surface area contributed by atoms with Crippen LogP contribution >= 0.6 is 23.2 Å². The quantitative estimate of drug-likeness (QED) is 0.789. The lowest BCUT2D eigenvalue weighted by Crippen LogP contribution is -2.17. The van der Waals surface area contributed by atoms with Crippen molar-refractivity contribution in [1.29, 1.82) is 0 Å². The van der Waals surface area contributed by atoms with Gasteiger partial charge >= 0.3 is 0 Å². The molecule has 82 valence electrons. The summed E-state index contributed by atoms with van der Waals surface area (Å²) in [5.41, 5.74) is 2.62. The molecule has 1 nitrogen and oxygen atoms in total. The Hall–Kier alpha value is -0.240. The average molecular weight is 244 g/mol. The lowest BCUT2D eigenvalue weighted by atomic mass is 9.86. The molecule has 0 amide bonds. The fraction of sp³-hybridized carbons (Fsp3) is 0.500. The van der Waals surface area contributed by atoms with Gasteiger partial charge in [0.25, 0.3) is 0 Å². The highest BCUT2D eigenvalue weighted by molar-refractivity contribution is 6.35. The van der Waals surface area contributed by atoms with E-state index in [-0.39, 0.29) is 5.41 Å². The summed E-state index contributed by atoms with van der Waals surface area (Å²) < 4.78 is 0. The van der Waals surface area contributed by atoms with Crippen LogP contribution in [0.15, 0.2) is 12.1 Å². The molecular weight excluding hydrogens is 229 g/mol. The molecule has 0 saturated heterocycles.